The first-order valence-corrected chi connectivity index (χ1v) is 8.07. The molecular formula is C21H18ClN3O. The summed E-state index contributed by atoms with van der Waals surface area (Å²) in [5.74, 6) is 2.22. The molecule has 0 amide bonds. The highest BCUT2D eigenvalue weighted by Crippen LogP contribution is 2.31. The molecule has 1 N–H and O–H groups in total. The van der Waals surface area contributed by atoms with Crippen molar-refractivity contribution in [2.75, 3.05) is 12.4 Å². The summed E-state index contributed by atoms with van der Waals surface area (Å²) in [4.78, 5) is 9.47. The number of aromatic nitrogens is 2. The van der Waals surface area contributed by atoms with Crippen molar-refractivity contribution in [1.29, 1.82) is 0 Å². The Morgan fingerprint density at radius 3 is 2.27 bits per heavy atom. The largest absolute Gasteiger partial charge is 0.495 e. The van der Waals surface area contributed by atoms with E-state index in [4.69, 9.17) is 14.7 Å². The molecule has 0 saturated heterocycles. The molecule has 4 nitrogen and oxygen atoms in total. The van der Waals surface area contributed by atoms with Gasteiger partial charge in [-0.2, -0.15) is 0 Å². The van der Waals surface area contributed by atoms with Gasteiger partial charge in [0.05, 0.1) is 18.3 Å². The van der Waals surface area contributed by atoms with Crippen molar-refractivity contribution < 1.29 is 4.74 Å². The number of methoxy groups -OCH3 is 1. The average Bonchev–Trinajstić information content (AvgIpc) is 2.69. The number of anilines is 2. The molecule has 0 spiro atoms. The normalized spacial score (nSPS) is 10.2. The van der Waals surface area contributed by atoms with E-state index < -0.39 is 0 Å². The Balaban J connectivity index is 0.00000196. The maximum absolute atomic E-state index is 5.44. The van der Waals surface area contributed by atoms with Gasteiger partial charge in [-0.3, -0.25) is 0 Å². The van der Waals surface area contributed by atoms with Gasteiger partial charge in [0.2, 0.25) is 0 Å². The van der Waals surface area contributed by atoms with Crippen LogP contribution in [0, 0.1) is 0 Å². The molecule has 0 bridgehead atoms. The minimum Gasteiger partial charge on any atom is -0.495 e. The van der Waals surface area contributed by atoms with Crippen molar-refractivity contribution in [2.45, 2.75) is 0 Å². The highest BCUT2D eigenvalue weighted by molar-refractivity contribution is 5.92. The van der Waals surface area contributed by atoms with Crippen LogP contribution in [0.1, 0.15) is 0 Å². The summed E-state index contributed by atoms with van der Waals surface area (Å²) in [7, 11) is 1.66. The predicted octanol–water partition coefficient (Wildman–Crippen LogP) is 5.47. The first-order chi connectivity index (χ1) is 12.3. The van der Waals surface area contributed by atoms with Crippen molar-refractivity contribution in [3.8, 4) is 17.1 Å². The summed E-state index contributed by atoms with van der Waals surface area (Å²) in [6, 6.07) is 25.8. The number of nitrogens with zero attached hydrogens (tertiary/aromatic N) is 2. The number of hydrogen-bond acceptors (Lipinski definition) is 4. The number of para-hydroxylation sites is 3. The lowest BCUT2D eigenvalue weighted by atomic mass is 10.2. The molecule has 0 radical (unpaired) electrons. The quantitative estimate of drug-likeness (QED) is 0.522. The van der Waals surface area contributed by atoms with E-state index in [1.165, 1.54) is 0 Å². The van der Waals surface area contributed by atoms with Gasteiger partial charge in [-0.05, 0) is 24.3 Å². The first kappa shape index (κ1) is 17.7. The molecule has 1 heterocycles. The predicted molar refractivity (Wildman–Crippen MR) is 108 cm³/mol. The molecular weight excluding hydrogens is 346 g/mol. The van der Waals surface area contributed by atoms with Crippen LogP contribution in [0.3, 0.4) is 0 Å². The van der Waals surface area contributed by atoms with E-state index in [0.717, 1.165) is 33.7 Å². The van der Waals surface area contributed by atoms with Crippen LogP contribution in [0.15, 0.2) is 78.9 Å². The lowest BCUT2D eigenvalue weighted by Crippen LogP contribution is -2.00. The molecule has 1 aromatic heterocycles. The minimum absolute atomic E-state index is 0. The molecule has 5 heteroatoms. The van der Waals surface area contributed by atoms with E-state index in [0.29, 0.717) is 5.82 Å². The highest BCUT2D eigenvalue weighted by Gasteiger charge is 2.11. The van der Waals surface area contributed by atoms with Crippen LogP contribution in [0.2, 0.25) is 0 Å². The molecule has 0 aliphatic carbocycles. The van der Waals surface area contributed by atoms with E-state index in [2.05, 4.69) is 5.32 Å². The Morgan fingerprint density at radius 2 is 1.46 bits per heavy atom. The summed E-state index contributed by atoms with van der Waals surface area (Å²) < 4.78 is 5.44. The summed E-state index contributed by atoms with van der Waals surface area (Å²) in [6.07, 6.45) is 0. The zero-order valence-corrected chi connectivity index (χ0v) is 15.0. The number of hydrogen-bond donors (Lipinski definition) is 1. The van der Waals surface area contributed by atoms with Crippen molar-refractivity contribution in [2.24, 2.45) is 0 Å². The lowest BCUT2D eigenvalue weighted by Gasteiger charge is -2.13. The molecule has 0 saturated carbocycles. The van der Waals surface area contributed by atoms with Gasteiger partial charge in [-0.25, -0.2) is 9.97 Å². The molecule has 26 heavy (non-hydrogen) atoms. The van der Waals surface area contributed by atoms with E-state index >= 15 is 0 Å². The number of halogens is 1. The second kappa shape index (κ2) is 7.85. The maximum Gasteiger partial charge on any atom is 0.162 e. The molecule has 0 aliphatic heterocycles. The molecule has 4 rings (SSSR count). The van der Waals surface area contributed by atoms with Crippen molar-refractivity contribution in [3.63, 3.8) is 0 Å². The molecule has 0 unspecified atom stereocenters. The van der Waals surface area contributed by atoms with Crippen LogP contribution >= 0.6 is 12.4 Å². The molecule has 130 valence electrons. The van der Waals surface area contributed by atoms with E-state index in [1.54, 1.807) is 7.11 Å². The fourth-order valence-corrected chi connectivity index (χ4v) is 2.76. The summed E-state index contributed by atoms with van der Waals surface area (Å²) in [5, 5.41) is 4.37. The van der Waals surface area contributed by atoms with Gasteiger partial charge in [0, 0.05) is 10.9 Å². The third-order valence-corrected chi connectivity index (χ3v) is 4.00. The smallest absolute Gasteiger partial charge is 0.162 e. The van der Waals surface area contributed by atoms with Crippen LogP contribution in [0.4, 0.5) is 11.5 Å². The second-order valence-electron chi connectivity index (χ2n) is 5.60. The second-order valence-corrected chi connectivity index (χ2v) is 5.60. The Hall–Kier alpha value is -3.11. The Kier molecular flexibility index (Phi) is 5.34. The van der Waals surface area contributed by atoms with Crippen LogP contribution in [0.25, 0.3) is 22.3 Å². The fourth-order valence-electron chi connectivity index (χ4n) is 2.76. The first-order valence-electron chi connectivity index (χ1n) is 8.07. The maximum atomic E-state index is 5.44. The molecule has 4 aromatic rings. The monoisotopic (exact) mass is 363 g/mol. The number of ether oxygens (including phenoxy) is 1. The molecule has 0 atom stereocenters. The average molecular weight is 364 g/mol. The summed E-state index contributed by atoms with van der Waals surface area (Å²) in [6.45, 7) is 0. The van der Waals surface area contributed by atoms with Gasteiger partial charge in [0.1, 0.15) is 11.6 Å². The fraction of sp³-hybridized carbons (Fsp3) is 0.0476. The standard InChI is InChI=1S/C21H17N3O.ClH/c1-25-19-14-8-7-13-18(19)23-21-16-11-5-6-12-17(16)22-20(24-21)15-9-3-2-4-10-15;/h2-14H,1H3,(H,22,23,24);1H. The van der Waals surface area contributed by atoms with Crippen LogP contribution in [-0.4, -0.2) is 17.1 Å². The zero-order chi connectivity index (χ0) is 17.1. The number of fused-ring (bicyclic) bond motifs is 1. The van der Waals surface area contributed by atoms with Crippen LogP contribution in [-0.2, 0) is 0 Å². The lowest BCUT2D eigenvalue weighted by molar-refractivity contribution is 0.417. The third-order valence-electron chi connectivity index (χ3n) is 4.00. The van der Waals surface area contributed by atoms with Crippen molar-refractivity contribution >= 4 is 34.8 Å². The van der Waals surface area contributed by atoms with Gasteiger partial charge < -0.3 is 10.1 Å². The van der Waals surface area contributed by atoms with Gasteiger partial charge in [-0.1, -0.05) is 54.6 Å². The van der Waals surface area contributed by atoms with E-state index in [-0.39, 0.29) is 12.4 Å². The van der Waals surface area contributed by atoms with E-state index in [1.807, 2.05) is 78.9 Å². The highest BCUT2D eigenvalue weighted by atomic mass is 35.5. The van der Waals surface area contributed by atoms with Crippen LogP contribution < -0.4 is 10.1 Å². The summed E-state index contributed by atoms with van der Waals surface area (Å²) in [5.41, 5.74) is 2.75. The van der Waals surface area contributed by atoms with E-state index in [9.17, 15) is 0 Å². The molecule has 0 aliphatic rings. The SMILES string of the molecule is COc1ccccc1Nc1nc(-c2ccccc2)nc2ccccc12.Cl. The number of rotatable bonds is 4. The van der Waals surface area contributed by atoms with Gasteiger partial charge in [-0.15, -0.1) is 12.4 Å². The molecule has 0 fully saturated rings. The number of benzene rings is 3. The zero-order valence-electron chi connectivity index (χ0n) is 14.2. The third kappa shape index (κ3) is 3.46. The van der Waals surface area contributed by atoms with Crippen molar-refractivity contribution in [1.82, 2.24) is 9.97 Å². The van der Waals surface area contributed by atoms with Gasteiger partial charge in [0.15, 0.2) is 5.82 Å². The Morgan fingerprint density at radius 1 is 0.769 bits per heavy atom. The van der Waals surface area contributed by atoms with Gasteiger partial charge >= 0.3 is 0 Å². The molecule has 3 aromatic carbocycles. The van der Waals surface area contributed by atoms with Crippen LogP contribution in [0.5, 0.6) is 5.75 Å². The van der Waals surface area contributed by atoms with Crippen molar-refractivity contribution in [3.05, 3.63) is 78.9 Å². The Labute approximate surface area is 158 Å². The minimum atomic E-state index is 0. The Bertz CT molecular complexity index is 1020. The topological polar surface area (TPSA) is 47.0 Å². The van der Waals surface area contributed by atoms with Gasteiger partial charge in [0.25, 0.3) is 0 Å². The summed E-state index contributed by atoms with van der Waals surface area (Å²) >= 11 is 0. The number of nitrogens with one attached hydrogen (secondary N) is 1.